The van der Waals surface area contributed by atoms with Gasteiger partial charge in [0.25, 0.3) is 0 Å². The molecule has 236 valence electrons. The first kappa shape index (κ1) is 33.8. The molecule has 17 nitrogen and oxygen atoms in total. The van der Waals surface area contributed by atoms with Crippen LogP contribution in [0.1, 0.15) is 19.3 Å². The molecule has 0 aliphatic carbocycles. The van der Waals surface area contributed by atoms with Crippen LogP contribution < -0.4 is 5.73 Å². The molecule has 17 heteroatoms. The van der Waals surface area contributed by atoms with Gasteiger partial charge in [0.05, 0.1) is 19.8 Å². The summed E-state index contributed by atoms with van der Waals surface area (Å²) in [6, 6.07) is 0. The van der Waals surface area contributed by atoms with Gasteiger partial charge < -0.3 is 85.2 Å². The SMILES string of the molecule is NCCCCCO[C@H]1O[C@H](CO)[C@@H](O)[C@H](O[C@H]2O[C@H](CO)[C@@H](O)[C@H](O)[C@@H]2O[C@H]2O[C@H](CO)[C@@H](O)[C@H](O)[C@@H]2O)[C@@H]1O. The summed E-state index contributed by atoms with van der Waals surface area (Å²) in [7, 11) is 0. The van der Waals surface area contributed by atoms with Gasteiger partial charge in [-0.2, -0.15) is 0 Å². The zero-order chi connectivity index (χ0) is 29.6. The van der Waals surface area contributed by atoms with E-state index in [1.54, 1.807) is 0 Å². The Labute approximate surface area is 230 Å². The van der Waals surface area contributed by atoms with Crippen molar-refractivity contribution >= 4 is 0 Å². The van der Waals surface area contributed by atoms with E-state index in [4.69, 9.17) is 34.2 Å². The summed E-state index contributed by atoms with van der Waals surface area (Å²) in [6.07, 6.45) is -22.4. The molecule has 3 heterocycles. The van der Waals surface area contributed by atoms with Crippen LogP contribution in [0, 0.1) is 0 Å². The summed E-state index contributed by atoms with van der Waals surface area (Å²) in [4.78, 5) is 0. The number of aliphatic hydroxyl groups excluding tert-OH is 10. The molecule has 3 rings (SSSR count). The number of ether oxygens (including phenoxy) is 6. The number of unbranched alkanes of at least 4 members (excludes halogenated alkanes) is 2. The van der Waals surface area contributed by atoms with Crippen molar-refractivity contribution in [1.82, 2.24) is 0 Å². The van der Waals surface area contributed by atoms with Crippen LogP contribution in [0.25, 0.3) is 0 Å². The van der Waals surface area contributed by atoms with E-state index in [-0.39, 0.29) is 6.61 Å². The predicted molar refractivity (Wildman–Crippen MR) is 128 cm³/mol. The van der Waals surface area contributed by atoms with Crippen molar-refractivity contribution in [1.29, 1.82) is 0 Å². The Kier molecular flexibility index (Phi) is 13.3. The maximum absolute atomic E-state index is 10.9. The van der Waals surface area contributed by atoms with Gasteiger partial charge >= 0.3 is 0 Å². The first-order valence-electron chi connectivity index (χ1n) is 13.3. The zero-order valence-electron chi connectivity index (χ0n) is 21.8. The Morgan fingerprint density at radius 3 is 1.62 bits per heavy atom. The number of nitrogens with two attached hydrogens (primary N) is 1. The molecule has 15 atom stereocenters. The second kappa shape index (κ2) is 15.7. The molecule has 0 bridgehead atoms. The quantitative estimate of drug-likeness (QED) is 0.0890. The minimum absolute atomic E-state index is 0.156. The van der Waals surface area contributed by atoms with Gasteiger partial charge in [-0.1, -0.05) is 0 Å². The van der Waals surface area contributed by atoms with E-state index >= 15 is 0 Å². The molecule has 3 saturated heterocycles. The third-order valence-electron chi connectivity index (χ3n) is 7.21. The van der Waals surface area contributed by atoms with Crippen LogP contribution in [0.15, 0.2) is 0 Å². The highest BCUT2D eigenvalue weighted by Crippen LogP contribution is 2.33. The van der Waals surface area contributed by atoms with Crippen molar-refractivity contribution < 1.29 is 79.5 Å². The highest BCUT2D eigenvalue weighted by atomic mass is 16.8. The van der Waals surface area contributed by atoms with Crippen LogP contribution in [-0.4, -0.2) is 176 Å². The first-order valence-corrected chi connectivity index (χ1v) is 13.3. The van der Waals surface area contributed by atoms with Crippen molar-refractivity contribution in [2.45, 2.75) is 111 Å². The number of hydrogen-bond acceptors (Lipinski definition) is 17. The first-order chi connectivity index (χ1) is 19.1. The van der Waals surface area contributed by atoms with Crippen molar-refractivity contribution in [2.24, 2.45) is 5.73 Å². The molecule has 0 amide bonds. The van der Waals surface area contributed by atoms with Crippen molar-refractivity contribution in [2.75, 3.05) is 33.0 Å². The Bertz CT molecular complexity index is 737. The van der Waals surface area contributed by atoms with E-state index in [2.05, 4.69) is 0 Å². The average molecular weight is 590 g/mol. The van der Waals surface area contributed by atoms with Crippen LogP contribution in [0.3, 0.4) is 0 Å². The molecule has 3 aliphatic heterocycles. The van der Waals surface area contributed by atoms with Crippen molar-refractivity contribution in [3.8, 4) is 0 Å². The van der Waals surface area contributed by atoms with Crippen molar-refractivity contribution in [3.63, 3.8) is 0 Å². The summed E-state index contributed by atoms with van der Waals surface area (Å²) in [5.41, 5.74) is 5.47. The number of rotatable bonds is 13. The maximum Gasteiger partial charge on any atom is 0.187 e. The van der Waals surface area contributed by atoms with E-state index in [0.29, 0.717) is 13.0 Å². The standard InChI is InChI=1S/C23H43NO16/c24-4-2-1-3-5-35-21-18(34)19(14(30)11(8-27)36-21)39-23-20(16(32)13(29)10(7-26)38-23)40-22-17(33)15(31)12(28)9(6-25)37-22/h9-23,25-34H,1-8,24H2/t9-,10-,11-,12-,13-,14-,15+,16+,17+,18+,19+,20+,21+,22-,23-/m1/s1. The topological polar surface area (TPSA) is 284 Å². The van der Waals surface area contributed by atoms with E-state index < -0.39 is 112 Å². The minimum atomic E-state index is -1.88. The minimum Gasteiger partial charge on any atom is -0.394 e. The number of aliphatic hydroxyl groups is 10. The highest BCUT2D eigenvalue weighted by Gasteiger charge is 2.54. The van der Waals surface area contributed by atoms with E-state index in [9.17, 15) is 51.1 Å². The van der Waals surface area contributed by atoms with Gasteiger partial charge in [0.2, 0.25) is 0 Å². The fourth-order valence-electron chi connectivity index (χ4n) is 4.77. The van der Waals surface area contributed by atoms with Crippen LogP contribution in [-0.2, 0) is 28.4 Å². The molecule has 0 unspecified atom stereocenters. The van der Waals surface area contributed by atoms with Gasteiger partial charge in [-0.05, 0) is 25.8 Å². The third-order valence-corrected chi connectivity index (χ3v) is 7.21. The zero-order valence-corrected chi connectivity index (χ0v) is 21.8. The lowest BCUT2D eigenvalue weighted by Gasteiger charge is -2.48. The number of hydrogen-bond donors (Lipinski definition) is 11. The van der Waals surface area contributed by atoms with Crippen LogP contribution in [0.2, 0.25) is 0 Å². The summed E-state index contributed by atoms with van der Waals surface area (Å²) < 4.78 is 33.3. The smallest absolute Gasteiger partial charge is 0.187 e. The Hall–Kier alpha value is -0.680. The summed E-state index contributed by atoms with van der Waals surface area (Å²) in [6.45, 7) is -1.57. The molecule has 3 fully saturated rings. The largest absolute Gasteiger partial charge is 0.394 e. The Balaban J connectivity index is 1.79. The lowest BCUT2D eigenvalue weighted by molar-refractivity contribution is -0.389. The van der Waals surface area contributed by atoms with Gasteiger partial charge in [0.1, 0.15) is 73.2 Å². The third kappa shape index (κ3) is 7.63. The van der Waals surface area contributed by atoms with Crippen LogP contribution in [0.5, 0.6) is 0 Å². The molecule has 40 heavy (non-hydrogen) atoms. The second-order valence-corrected chi connectivity index (χ2v) is 10.0. The summed E-state index contributed by atoms with van der Waals surface area (Å²) in [5.74, 6) is 0. The molecule has 0 spiro atoms. The van der Waals surface area contributed by atoms with Gasteiger partial charge in [-0.15, -0.1) is 0 Å². The molecule has 12 N–H and O–H groups in total. The van der Waals surface area contributed by atoms with Gasteiger partial charge in [0, 0.05) is 6.61 Å². The molecular formula is C23H43NO16. The monoisotopic (exact) mass is 589 g/mol. The predicted octanol–water partition coefficient (Wildman–Crippen LogP) is -6.42. The maximum atomic E-state index is 10.9. The lowest BCUT2D eigenvalue weighted by Crippen LogP contribution is -2.67. The summed E-state index contributed by atoms with van der Waals surface area (Å²) in [5, 5.41) is 102. The second-order valence-electron chi connectivity index (χ2n) is 10.0. The molecular weight excluding hydrogens is 546 g/mol. The van der Waals surface area contributed by atoms with E-state index in [1.165, 1.54) is 0 Å². The highest BCUT2D eigenvalue weighted by molar-refractivity contribution is 4.96. The molecule has 3 aliphatic rings. The lowest BCUT2D eigenvalue weighted by atomic mass is 9.96. The summed E-state index contributed by atoms with van der Waals surface area (Å²) >= 11 is 0. The van der Waals surface area contributed by atoms with Gasteiger partial charge in [-0.3, -0.25) is 0 Å². The molecule has 0 saturated carbocycles. The Morgan fingerprint density at radius 1 is 0.500 bits per heavy atom. The molecule has 0 aromatic heterocycles. The van der Waals surface area contributed by atoms with Gasteiger partial charge in [0.15, 0.2) is 18.9 Å². The van der Waals surface area contributed by atoms with Gasteiger partial charge in [-0.25, -0.2) is 0 Å². The van der Waals surface area contributed by atoms with E-state index in [1.807, 2.05) is 0 Å². The fraction of sp³-hybridized carbons (Fsp3) is 1.00. The van der Waals surface area contributed by atoms with Crippen LogP contribution >= 0.6 is 0 Å². The normalized spacial score (nSPS) is 46.4. The Morgan fingerprint density at radius 2 is 1.02 bits per heavy atom. The van der Waals surface area contributed by atoms with Crippen molar-refractivity contribution in [3.05, 3.63) is 0 Å². The fourth-order valence-corrected chi connectivity index (χ4v) is 4.77. The molecule has 0 aromatic rings. The van der Waals surface area contributed by atoms with Crippen LogP contribution in [0.4, 0.5) is 0 Å². The average Bonchev–Trinajstić information content (AvgIpc) is 2.95. The molecule has 0 aromatic carbocycles. The van der Waals surface area contributed by atoms with E-state index in [0.717, 1.165) is 12.8 Å². The molecule has 0 radical (unpaired) electrons.